The van der Waals surface area contributed by atoms with E-state index >= 15 is 0 Å². The van der Waals surface area contributed by atoms with Crippen LogP contribution in [0.3, 0.4) is 0 Å². The monoisotopic (exact) mass is 608 g/mol. The van der Waals surface area contributed by atoms with Gasteiger partial charge in [-0.2, -0.15) is 5.26 Å². The molecule has 0 spiro atoms. The van der Waals surface area contributed by atoms with Crippen molar-refractivity contribution < 1.29 is 23.4 Å². The number of rotatable bonds is 11. The molecule has 0 N–H and O–H groups in total. The first-order valence-electron chi connectivity index (χ1n) is 14.9. The van der Waals surface area contributed by atoms with Crippen molar-refractivity contribution in [3.63, 3.8) is 0 Å². The molecule has 0 radical (unpaired) electrons. The summed E-state index contributed by atoms with van der Waals surface area (Å²) in [7, 11) is 0. The van der Waals surface area contributed by atoms with Gasteiger partial charge in [0.05, 0.1) is 53.1 Å². The number of imidazole rings is 2. The molecule has 230 valence electrons. The van der Waals surface area contributed by atoms with Gasteiger partial charge in [-0.15, -0.1) is 0 Å². The Hall–Kier alpha value is -5.21. The van der Waals surface area contributed by atoms with Crippen molar-refractivity contribution in [2.24, 2.45) is 0 Å². The molecule has 2 aromatic heterocycles. The van der Waals surface area contributed by atoms with Gasteiger partial charge in [0.15, 0.2) is 0 Å². The molecular formula is C34H33FN6O4. The molecule has 0 atom stereocenters. The third-order valence-corrected chi connectivity index (χ3v) is 7.93. The number of piperidine rings is 1. The minimum absolute atomic E-state index is 0.00915. The number of nitriles is 1. The number of ether oxygens (including phenoxy) is 3. The van der Waals surface area contributed by atoms with Crippen molar-refractivity contribution >= 4 is 17.0 Å². The molecule has 0 amide bonds. The highest BCUT2D eigenvalue weighted by molar-refractivity contribution is 5.93. The largest absolute Gasteiger partial charge is 0.490 e. The smallest absolute Gasteiger partial charge is 0.339 e. The van der Waals surface area contributed by atoms with E-state index in [4.69, 9.17) is 19.5 Å². The van der Waals surface area contributed by atoms with E-state index in [1.54, 1.807) is 36.7 Å². The summed E-state index contributed by atoms with van der Waals surface area (Å²) < 4.78 is 35.9. The summed E-state index contributed by atoms with van der Waals surface area (Å²) in [6.45, 7) is 5.20. The molecule has 5 aromatic rings. The van der Waals surface area contributed by atoms with Crippen molar-refractivity contribution in [2.75, 3.05) is 19.8 Å². The van der Waals surface area contributed by atoms with E-state index in [9.17, 15) is 9.18 Å². The fraction of sp³-hybridized carbons (Fsp3) is 0.294. The first kappa shape index (κ1) is 29.8. The van der Waals surface area contributed by atoms with Crippen LogP contribution in [0.5, 0.6) is 11.5 Å². The zero-order valence-corrected chi connectivity index (χ0v) is 24.9. The number of likely N-dealkylation sites (tertiary alicyclic amines) is 1. The Bertz CT molecular complexity index is 1840. The summed E-state index contributed by atoms with van der Waals surface area (Å²) in [4.78, 5) is 23.8. The Labute approximate surface area is 260 Å². The lowest BCUT2D eigenvalue weighted by molar-refractivity contribution is 0.00503. The Kier molecular flexibility index (Phi) is 9.03. The number of nitrogens with zero attached hydrogens (tertiary/aromatic N) is 6. The summed E-state index contributed by atoms with van der Waals surface area (Å²) in [6.07, 6.45) is 7.00. The topological polar surface area (TPSA) is 107 Å². The molecule has 1 fully saturated rings. The molecule has 0 unspecified atom stereocenters. The van der Waals surface area contributed by atoms with Gasteiger partial charge in [0.1, 0.15) is 36.8 Å². The molecule has 10 nitrogen and oxygen atoms in total. The first-order valence-corrected chi connectivity index (χ1v) is 14.9. The van der Waals surface area contributed by atoms with Crippen LogP contribution in [0, 0.1) is 17.1 Å². The van der Waals surface area contributed by atoms with E-state index in [-0.39, 0.29) is 31.0 Å². The van der Waals surface area contributed by atoms with Crippen molar-refractivity contribution in [1.82, 2.24) is 24.0 Å². The van der Waals surface area contributed by atoms with Crippen LogP contribution < -0.4 is 9.47 Å². The van der Waals surface area contributed by atoms with Crippen molar-refractivity contribution in [3.05, 3.63) is 108 Å². The molecule has 0 aliphatic carbocycles. The van der Waals surface area contributed by atoms with E-state index < -0.39 is 5.82 Å². The predicted octanol–water partition coefficient (Wildman–Crippen LogP) is 5.55. The number of hydrogen-bond acceptors (Lipinski definition) is 8. The zero-order valence-electron chi connectivity index (χ0n) is 24.9. The van der Waals surface area contributed by atoms with Crippen LogP contribution in [0.25, 0.3) is 11.0 Å². The molecule has 1 saturated heterocycles. The van der Waals surface area contributed by atoms with Gasteiger partial charge in [0.25, 0.3) is 0 Å². The second kappa shape index (κ2) is 13.6. The second-order valence-corrected chi connectivity index (χ2v) is 10.9. The van der Waals surface area contributed by atoms with Crippen LogP contribution in [-0.2, 0) is 24.4 Å². The summed E-state index contributed by atoms with van der Waals surface area (Å²) >= 11 is 0. The molecular weight excluding hydrogens is 575 g/mol. The summed E-state index contributed by atoms with van der Waals surface area (Å²) in [5, 5.41) is 8.92. The minimum atomic E-state index is -0.473. The highest BCUT2D eigenvalue weighted by Gasteiger charge is 2.22. The lowest BCUT2D eigenvalue weighted by atomic mass is 10.1. The SMILES string of the molecule is CCn1cncc1Cn1cnc2ccc(C(=O)OCN3CCC(Oc4cccc(OCc5ccc(C#N)cc5F)c4)CC3)cc21. The van der Waals surface area contributed by atoms with Gasteiger partial charge >= 0.3 is 5.97 Å². The molecule has 6 rings (SSSR count). The molecule has 1 aliphatic heterocycles. The number of esters is 1. The molecule has 3 heterocycles. The molecule has 3 aromatic carbocycles. The number of aryl methyl sites for hydroxylation is 1. The van der Waals surface area contributed by atoms with E-state index in [0.717, 1.165) is 49.2 Å². The maximum atomic E-state index is 14.2. The standard InChI is InChI=1S/C34H33FN6O4/c1-2-40-21-37-18-27(40)19-41-22-38-32-9-8-25(15-33(32)41)34(42)44-23-39-12-10-28(11-13-39)45-30-5-3-4-29(16-30)43-20-26-7-6-24(17-36)14-31(26)35/h3-9,14-16,18,21-22,28H,2,10-13,19-20,23H2,1H3. The van der Waals surface area contributed by atoms with Gasteiger partial charge in [-0.3, -0.25) is 4.90 Å². The fourth-order valence-corrected chi connectivity index (χ4v) is 5.36. The van der Waals surface area contributed by atoms with Gasteiger partial charge < -0.3 is 23.3 Å². The number of carbonyl (C=O) groups is 1. The number of hydrogen-bond donors (Lipinski definition) is 0. The van der Waals surface area contributed by atoms with Gasteiger partial charge in [0.2, 0.25) is 0 Å². The van der Waals surface area contributed by atoms with Crippen LogP contribution >= 0.6 is 0 Å². The third-order valence-electron chi connectivity index (χ3n) is 7.93. The Morgan fingerprint density at radius 2 is 1.89 bits per heavy atom. The second-order valence-electron chi connectivity index (χ2n) is 10.9. The van der Waals surface area contributed by atoms with Crippen molar-refractivity contribution in [2.45, 2.75) is 45.6 Å². The average Bonchev–Trinajstić information content (AvgIpc) is 3.70. The molecule has 45 heavy (non-hydrogen) atoms. The molecule has 11 heteroatoms. The number of halogens is 1. The van der Waals surface area contributed by atoms with Gasteiger partial charge in [-0.05, 0) is 62.2 Å². The summed E-state index contributed by atoms with van der Waals surface area (Å²) in [5.41, 5.74) is 3.86. The number of carbonyl (C=O) groups excluding carboxylic acids is 1. The lowest BCUT2D eigenvalue weighted by Gasteiger charge is -2.31. The summed E-state index contributed by atoms with van der Waals surface area (Å²) in [6, 6.07) is 18.9. The zero-order chi connectivity index (χ0) is 31.2. The fourth-order valence-electron chi connectivity index (χ4n) is 5.36. The third kappa shape index (κ3) is 7.13. The van der Waals surface area contributed by atoms with Crippen LogP contribution in [-0.4, -0.2) is 55.9 Å². The minimum Gasteiger partial charge on any atom is -0.490 e. The lowest BCUT2D eigenvalue weighted by Crippen LogP contribution is -2.39. The van der Waals surface area contributed by atoms with Crippen LogP contribution in [0.4, 0.5) is 4.39 Å². The van der Waals surface area contributed by atoms with Crippen molar-refractivity contribution in [3.8, 4) is 17.6 Å². The van der Waals surface area contributed by atoms with Gasteiger partial charge in [0, 0.05) is 37.5 Å². The Morgan fingerprint density at radius 1 is 1.04 bits per heavy atom. The highest BCUT2D eigenvalue weighted by Crippen LogP contribution is 2.25. The quantitative estimate of drug-likeness (QED) is 0.180. The maximum absolute atomic E-state index is 14.2. The van der Waals surface area contributed by atoms with Gasteiger partial charge in [-0.1, -0.05) is 12.1 Å². The van der Waals surface area contributed by atoms with E-state index in [1.165, 1.54) is 6.07 Å². The highest BCUT2D eigenvalue weighted by atomic mass is 19.1. The predicted molar refractivity (Wildman–Crippen MR) is 164 cm³/mol. The van der Waals surface area contributed by atoms with E-state index in [0.29, 0.717) is 29.2 Å². The van der Waals surface area contributed by atoms with E-state index in [2.05, 4.69) is 26.4 Å². The van der Waals surface area contributed by atoms with Crippen LogP contribution in [0.1, 0.15) is 46.9 Å². The number of fused-ring (bicyclic) bond motifs is 1. The first-order chi connectivity index (χ1) is 22.0. The molecule has 0 saturated carbocycles. The van der Waals surface area contributed by atoms with Gasteiger partial charge in [-0.25, -0.2) is 19.2 Å². The van der Waals surface area contributed by atoms with E-state index in [1.807, 2.05) is 47.4 Å². The number of aromatic nitrogens is 4. The van der Waals surface area contributed by atoms with Crippen molar-refractivity contribution in [1.29, 1.82) is 5.26 Å². The Morgan fingerprint density at radius 3 is 2.69 bits per heavy atom. The Balaban J connectivity index is 0.974. The van der Waals surface area contributed by atoms with Crippen LogP contribution in [0.15, 0.2) is 79.5 Å². The maximum Gasteiger partial charge on any atom is 0.339 e. The summed E-state index contributed by atoms with van der Waals surface area (Å²) in [5.74, 6) is 0.389. The van der Waals surface area contributed by atoms with Crippen LogP contribution in [0.2, 0.25) is 0 Å². The molecule has 1 aliphatic rings. The molecule has 0 bridgehead atoms. The number of benzene rings is 3. The average molecular weight is 609 g/mol. The normalized spacial score (nSPS) is 13.9.